The summed E-state index contributed by atoms with van der Waals surface area (Å²) in [5, 5.41) is 21.4. The summed E-state index contributed by atoms with van der Waals surface area (Å²) in [4.78, 5) is 32.5. The number of ketones is 1. The second kappa shape index (κ2) is 5.68. The van der Waals surface area contributed by atoms with Crippen LogP contribution in [0.2, 0.25) is 5.02 Å². The Kier molecular flexibility index (Phi) is 3.95. The van der Waals surface area contributed by atoms with E-state index in [0.29, 0.717) is 0 Å². The molecule has 8 heteroatoms. The van der Waals surface area contributed by atoms with E-state index >= 15 is 0 Å². The molecule has 0 aliphatic carbocycles. The number of rotatable bonds is 4. The first-order valence-corrected chi connectivity index (χ1v) is 6.01. The van der Waals surface area contributed by atoms with Crippen LogP contribution in [0.5, 0.6) is 0 Å². The number of carbonyl (C=O) groups excluding carboxylic acids is 1. The molecule has 0 atom stereocenters. The zero-order chi connectivity index (χ0) is 15.6. The molecule has 0 amide bonds. The van der Waals surface area contributed by atoms with Gasteiger partial charge in [-0.05, 0) is 24.3 Å². The van der Waals surface area contributed by atoms with Gasteiger partial charge in [-0.15, -0.1) is 0 Å². The summed E-state index contributed by atoms with van der Waals surface area (Å²) in [5.74, 6) is -0.626. The minimum atomic E-state index is -0.735. The zero-order valence-corrected chi connectivity index (χ0v) is 11.1. The predicted molar refractivity (Wildman–Crippen MR) is 74.6 cm³/mol. The van der Waals surface area contributed by atoms with Gasteiger partial charge in [0.25, 0.3) is 11.4 Å². The molecule has 106 valence electrons. The molecule has 0 fully saturated rings. The van der Waals surface area contributed by atoms with Crippen LogP contribution in [0.15, 0.2) is 42.5 Å². The van der Waals surface area contributed by atoms with Crippen LogP contribution in [0.1, 0.15) is 15.9 Å². The van der Waals surface area contributed by atoms with Crippen LogP contribution in [0, 0.1) is 20.2 Å². The maximum Gasteiger partial charge on any atom is 0.298 e. The van der Waals surface area contributed by atoms with Crippen molar-refractivity contribution in [2.24, 2.45) is 0 Å². The van der Waals surface area contributed by atoms with Crippen LogP contribution < -0.4 is 0 Å². The van der Waals surface area contributed by atoms with Gasteiger partial charge in [-0.2, -0.15) is 0 Å². The van der Waals surface area contributed by atoms with Crippen LogP contribution in [0.25, 0.3) is 0 Å². The zero-order valence-electron chi connectivity index (χ0n) is 10.4. The first-order chi connectivity index (χ1) is 9.91. The molecule has 21 heavy (non-hydrogen) atoms. The highest BCUT2D eigenvalue weighted by molar-refractivity contribution is 6.33. The molecule has 0 heterocycles. The Labute approximate surface area is 123 Å². The van der Waals surface area contributed by atoms with Gasteiger partial charge in [0.05, 0.1) is 9.85 Å². The molecular weight excluding hydrogens is 300 g/mol. The number of nitro groups is 2. The van der Waals surface area contributed by atoms with Crippen molar-refractivity contribution in [3.8, 4) is 0 Å². The van der Waals surface area contributed by atoms with Crippen molar-refractivity contribution in [3.63, 3.8) is 0 Å². The fourth-order valence-corrected chi connectivity index (χ4v) is 2.02. The molecule has 2 rings (SSSR count). The number of nitrogens with zero attached hydrogens (tertiary/aromatic N) is 2. The molecular formula is C13H7ClN2O5. The van der Waals surface area contributed by atoms with E-state index in [1.54, 1.807) is 0 Å². The van der Waals surface area contributed by atoms with Crippen molar-refractivity contribution in [2.45, 2.75) is 0 Å². The van der Waals surface area contributed by atoms with E-state index < -0.39 is 21.3 Å². The lowest BCUT2D eigenvalue weighted by Gasteiger charge is -2.03. The Morgan fingerprint density at radius 2 is 1.57 bits per heavy atom. The predicted octanol–water partition coefficient (Wildman–Crippen LogP) is 3.39. The van der Waals surface area contributed by atoms with Gasteiger partial charge in [0, 0.05) is 17.7 Å². The van der Waals surface area contributed by atoms with Gasteiger partial charge in [-0.1, -0.05) is 17.7 Å². The summed E-state index contributed by atoms with van der Waals surface area (Å²) >= 11 is 5.74. The maximum absolute atomic E-state index is 12.3. The topological polar surface area (TPSA) is 103 Å². The van der Waals surface area contributed by atoms with E-state index in [1.165, 1.54) is 30.3 Å². The molecule has 0 saturated heterocycles. The lowest BCUT2D eigenvalue weighted by atomic mass is 10.0. The lowest BCUT2D eigenvalue weighted by Crippen LogP contribution is -2.06. The van der Waals surface area contributed by atoms with Crippen molar-refractivity contribution in [2.75, 3.05) is 0 Å². The van der Waals surface area contributed by atoms with E-state index in [-0.39, 0.29) is 21.8 Å². The number of carbonyl (C=O) groups is 1. The first-order valence-electron chi connectivity index (χ1n) is 5.64. The third-order valence-corrected chi connectivity index (χ3v) is 3.06. The van der Waals surface area contributed by atoms with E-state index in [1.807, 2.05) is 0 Å². The molecule has 0 unspecified atom stereocenters. The molecule has 7 nitrogen and oxygen atoms in total. The average Bonchev–Trinajstić information content (AvgIpc) is 2.46. The van der Waals surface area contributed by atoms with Gasteiger partial charge in [-0.25, -0.2) is 0 Å². The molecule has 0 aliphatic heterocycles. The number of hydrogen-bond donors (Lipinski definition) is 0. The Morgan fingerprint density at radius 3 is 2.10 bits per heavy atom. The van der Waals surface area contributed by atoms with Crippen molar-refractivity contribution in [1.29, 1.82) is 0 Å². The summed E-state index contributed by atoms with van der Waals surface area (Å²) in [5.41, 5.74) is -0.720. The lowest BCUT2D eigenvalue weighted by molar-refractivity contribution is -0.385. The highest BCUT2D eigenvalue weighted by atomic mass is 35.5. The van der Waals surface area contributed by atoms with Crippen molar-refractivity contribution < 1.29 is 14.6 Å². The van der Waals surface area contributed by atoms with E-state index in [4.69, 9.17) is 11.6 Å². The Balaban J connectivity index is 2.47. The summed E-state index contributed by atoms with van der Waals surface area (Å²) in [6.45, 7) is 0. The molecule has 0 radical (unpaired) electrons. The second-order valence-corrected chi connectivity index (χ2v) is 4.43. The Morgan fingerprint density at radius 1 is 0.952 bits per heavy atom. The highest BCUT2D eigenvalue weighted by Gasteiger charge is 2.24. The monoisotopic (exact) mass is 306 g/mol. The Hall–Kier alpha value is -2.80. The van der Waals surface area contributed by atoms with Crippen LogP contribution in [-0.2, 0) is 0 Å². The van der Waals surface area contributed by atoms with Crippen LogP contribution >= 0.6 is 11.6 Å². The van der Waals surface area contributed by atoms with Crippen LogP contribution in [0.3, 0.4) is 0 Å². The molecule has 0 bridgehead atoms. The highest BCUT2D eigenvalue weighted by Crippen LogP contribution is 2.30. The van der Waals surface area contributed by atoms with E-state index in [0.717, 1.165) is 12.1 Å². The molecule has 2 aromatic carbocycles. The molecule has 0 spiro atoms. The third kappa shape index (κ3) is 2.87. The largest absolute Gasteiger partial charge is 0.298 e. The van der Waals surface area contributed by atoms with Crippen molar-refractivity contribution in [3.05, 3.63) is 78.8 Å². The van der Waals surface area contributed by atoms with Gasteiger partial charge < -0.3 is 0 Å². The molecule has 0 aromatic heterocycles. The Bertz CT molecular complexity index is 743. The van der Waals surface area contributed by atoms with Crippen molar-refractivity contribution >= 4 is 28.8 Å². The standard InChI is InChI=1S/C13H7ClN2O5/c14-11-3-1-2-10(12(11)16(20)21)13(17)8-4-6-9(7-5-8)15(18)19/h1-7H. The molecule has 2 aromatic rings. The number of halogens is 1. The second-order valence-electron chi connectivity index (χ2n) is 4.03. The number of hydrogen-bond acceptors (Lipinski definition) is 5. The summed E-state index contributed by atoms with van der Waals surface area (Å²) in [6, 6.07) is 8.82. The minimum Gasteiger partial charge on any atom is -0.288 e. The summed E-state index contributed by atoms with van der Waals surface area (Å²) < 4.78 is 0. The quantitative estimate of drug-likeness (QED) is 0.489. The molecule has 0 N–H and O–H groups in total. The number of non-ortho nitro benzene ring substituents is 1. The summed E-state index contributed by atoms with van der Waals surface area (Å²) in [6.07, 6.45) is 0. The van der Waals surface area contributed by atoms with E-state index in [9.17, 15) is 25.0 Å². The summed E-state index contributed by atoms with van der Waals surface area (Å²) in [7, 11) is 0. The fourth-order valence-electron chi connectivity index (χ4n) is 1.77. The van der Waals surface area contributed by atoms with Crippen LogP contribution in [0.4, 0.5) is 11.4 Å². The van der Waals surface area contributed by atoms with Gasteiger partial charge in [-0.3, -0.25) is 25.0 Å². The van der Waals surface area contributed by atoms with E-state index in [2.05, 4.69) is 0 Å². The van der Waals surface area contributed by atoms with Gasteiger partial charge >= 0.3 is 0 Å². The molecule has 0 saturated carbocycles. The smallest absolute Gasteiger partial charge is 0.288 e. The van der Waals surface area contributed by atoms with Crippen molar-refractivity contribution in [1.82, 2.24) is 0 Å². The molecule has 0 aliphatic rings. The van der Waals surface area contributed by atoms with Gasteiger partial charge in [0.1, 0.15) is 10.6 Å². The maximum atomic E-state index is 12.3. The number of benzene rings is 2. The number of nitro benzene ring substituents is 2. The van der Waals surface area contributed by atoms with Crippen LogP contribution in [-0.4, -0.2) is 15.6 Å². The first kappa shape index (κ1) is 14.6. The average molecular weight is 307 g/mol. The SMILES string of the molecule is O=C(c1ccc([N+](=O)[O-])cc1)c1cccc(Cl)c1[N+](=O)[O-]. The number of para-hydroxylation sites is 1. The minimum absolute atomic E-state index is 0.103. The normalized spacial score (nSPS) is 10.1. The third-order valence-electron chi connectivity index (χ3n) is 2.75. The van der Waals surface area contributed by atoms with Gasteiger partial charge in [0.2, 0.25) is 0 Å². The fraction of sp³-hybridized carbons (Fsp3) is 0. The van der Waals surface area contributed by atoms with Gasteiger partial charge in [0.15, 0.2) is 5.78 Å².